The van der Waals surface area contributed by atoms with E-state index >= 15 is 0 Å². The van der Waals surface area contributed by atoms with Crippen LogP contribution in [0.2, 0.25) is 0 Å². The Hall–Kier alpha value is -2.67. The number of carbonyl (C=O) groups is 2. The maximum atomic E-state index is 12.6. The van der Waals surface area contributed by atoms with Crippen molar-refractivity contribution in [1.82, 2.24) is 5.32 Å². The average molecular weight is 375 g/mol. The van der Waals surface area contributed by atoms with E-state index in [1.54, 1.807) is 31.2 Å². The first-order valence-corrected chi connectivity index (χ1v) is 9.80. The standard InChI is InChI=1S/C19H21NO5S/c1-14(10-18(21)22)12-20-19(23)16-8-5-9-17(11-16)26(24,25)13-15-6-3-2-4-7-15/h2-9,11,14H,10,12-13H2,1H3,(H,20,23)(H,21,22). The molecule has 138 valence electrons. The van der Waals surface area contributed by atoms with Gasteiger partial charge in [0.25, 0.3) is 5.91 Å². The Balaban J connectivity index is 2.09. The van der Waals surface area contributed by atoms with E-state index in [0.29, 0.717) is 5.56 Å². The fourth-order valence-electron chi connectivity index (χ4n) is 2.45. The van der Waals surface area contributed by atoms with Crippen molar-refractivity contribution < 1.29 is 23.1 Å². The van der Waals surface area contributed by atoms with E-state index in [4.69, 9.17) is 5.11 Å². The lowest BCUT2D eigenvalue weighted by Gasteiger charge is -2.11. The highest BCUT2D eigenvalue weighted by Gasteiger charge is 2.18. The SMILES string of the molecule is CC(CNC(=O)c1cccc(S(=O)(=O)Cc2ccccc2)c1)CC(=O)O. The first-order chi connectivity index (χ1) is 12.3. The molecule has 0 fully saturated rings. The van der Waals surface area contributed by atoms with Gasteiger partial charge < -0.3 is 10.4 Å². The minimum absolute atomic E-state index is 0.0498. The number of hydrogen-bond acceptors (Lipinski definition) is 4. The molecule has 0 heterocycles. The Labute approximate surface area is 152 Å². The highest BCUT2D eigenvalue weighted by Crippen LogP contribution is 2.18. The molecule has 0 aliphatic rings. The zero-order valence-corrected chi connectivity index (χ0v) is 15.2. The first-order valence-electron chi connectivity index (χ1n) is 8.14. The zero-order valence-electron chi connectivity index (χ0n) is 14.4. The number of amides is 1. The number of rotatable bonds is 8. The average Bonchev–Trinajstić information content (AvgIpc) is 2.60. The minimum Gasteiger partial charge on any atom is -0.481 e. The van der Waals surface area contributed by atoms with Gasteiger partial charge in [0.1, 0.15) is 0 Å². The van der Waals surface area contributed by atoms with Crippen LogP contribution in [-0.2, 0) is 20.4 Å². The van der Waals surface area contributed by atoms with Gasteiger partial charge in [-0.05, 0) is 29.7 Å². The van der Waals surface area contributed by atoms with Crippen LogP contribution in [0.15, 0.2) is 59.5 Å². The second-order valence-electron chi connectivity index (χ2n) is 6.19. The van der Waals surface area contributed by atoms with Crippen LogP contribution in [0.4, 0.5) is 0 Å². The molecular formula is C19H21NO5S. The molecule has 26 heavy (non-hydrogen) atoms. The Morgan fingerprint density at radius 1 is 1.08 bits per heavy atom. The van der Waals surface area contributed by atoms with E-state index in [1.807, 2.05) is 6.07 Å². The predicted octanol–water partition coefficient (Wildman–Crippen LogP) is 2.50. The van der Waals surface area contributed by atoms with E-state index < -0.39 is 21.7 Å². The van der Waals surface area contributed by atoms with Gasteiger partial charge in [-0.3, -0.25) is 9.59 Å². The quantitative estimate of drug-likeness (QED) is 0.738. The molecule has 0 spiro atoms. The Morgan fingerprint density at radius 3 is 2.42 bits per heavy atom. The summed E-state index contributed by atoms with van der Waals surface area (Å²) in [6.07, 6.45) is -0.0498. The third-order valence-electron chi connectivity index (χ3n) is 3.79. The van der Waals surface area contributed by atoms with E-state index in [-0.39, 0.29) is 35.1 Å². The highest BCUT2D eigenvalue weighted by atomic mass is 32.2. The molecular weight excluding hydrogens is 354 g/mol. The highest BCUT2D eigenvalue weighted by molar-refractivity contribution is 7.90. The van der Waals surface area contributed by atoms with Crippen molar-refractivity contribution in [2.24, 2.45) is 5.92 Å². The molecule has 6 nitrogen and oxygen atoms in total. The van der Waals surface area contributed by atoms with Gasteiger partial charge in [-0.15, -0.1) is 0 Å². The summed E-state index contributed by atoms with van der Waals surface area (Å²) in [5.74, 6) is -1.73. The molecule has 7 heteroatoms. The number of carboxylic acids is 1. The molecule has 2 rings (SSSR count). The molecule has 0 aliphatic heterocycles. The molecule has 0 aliphatic carbocycles. The van der Waals surface area contributed by atoms with Crippen molar-refractivity contribution in [1.29, 1.82) is 0 Å². The van der Waals surface area contributed by atoms with Gasteiger partial charge in [-0.2, -0.15) is 0 Å². The number of benzene rings is 2. The zero-order chi connectivity index (χ0) is 19.2. The summed E-state index contributed by atoms with van der Waals surface area (Å²) < 4.78 is 25.1. The maximum Gasteiger partial charge on any atom is 0.303 e. The first kappa shape index (κ1) is 19.7. The monoisotopic (exact) mass is 375 g/mol. The number of hydrogen-bond donors (Lipinski definition) is 2. The molecule has 1 amide bonds. The second-order valence-corrected chi connectivity index (χ2v) is 8.18. The Morgan fingerprint density at radius 2 is 1.77 bits per heavy atom. The molecule has 2 N–H and O–H groups in total. The van der Waals surface area contributed by atoms with Gasteiger partial charge in [-0.25, -0.2) is 8.42 Å². The van der Waals surface area contributed by atoms with Gasteiger partial charge in [0, 0.05) is 18.5 Å². The Bertz CT molecular complexity index is 878. The lowest BCUT2D eigenvalue weighted by Crippen LogP contribution is -2.29. The topological polar surface area (TPSA) is 101 Å². The lowest BCUT2D eigenvalue weighted by atomic mass is 10.1. The van der Waals surface area contributed by atoms with E-state index in [0.717, 1.165) is 0 Å². The Kier molecular flexibility index (Phi) is 6.52. The predicted molar refractivity (Wildman–Crippen MR) is 97.5 cm³/mol. The van der Waals surface area contributed by atoms with E-state index in [9.17, 15) is 18.0 Å². The van der Waals surface area contributed by atoms with Crippen molar-refractivity contribution in [3.05, 3.63) is 65.7 Å². The number of aliphatic carboxylic acids is 1. The van der Waals surface area contributed by atoms with E-state index in [1.165, 1.54) is 24.3 Å². The molecule has 0 bridgehead atoms. The van der Waals surface area contributed by atoms with Crippen LogP contribution in [-0.4, -0.2) is 31.9 Å². The van der Waals surface area contributed by atoms with Gasteiger partial charge in [0.15, 0.2) is 9.84 Å². The van der Waals surface area contributed by atoms with Gasteiger partial charge >= 0.3 is 5.97 Å². The van der Waals surface area contributed by atoms with Crippen LogP contribution in [0.25, 0.3) is 0 Å². The summed E-state index contributed by atoms with van der Waals surface area (Å²) in [5.41, 5.74) is 0.895. The van der Waals surface area contributed by atoms with Gasteiger partial charge in [0.05, 0.1) is 10.6 Å². The molecule has 1 atom stereocenters. The van der Waals surface area contributed by atoms with Crippen molar-refractivity contribution in [2.45, 2.75) is 24.0 Å². The fourth-order valence-corrected chi connectivity index (χ4v) is 3.84. The van der Waals surface area contributed by atoms with Crippen LogP contribution < -0.4 is 5.32 Å². The van der Waals surface area contributed by atoms with Crippen molar-refractivity contribution >= 4 is 21.7 Å². The fraction of sp³-hybridized carbons (Fsp3) is 0.263. The smallest absolute Gasteiger partial charge is 0.303 e. The minimum atomic E-state index is -3.57. The second kappa shape index (κ2) is 8.62. The van der Waals surface area contributed by atoms with Gasteiger partial charge in [-0.1, -0.05) is 43.3 Å². The summed E-state index contributed by atoms with van der Waals surface area (Å²) in [4.78, 5) is 22.9. The van der Waals surface area contributed by atoms with Crippen molar-refractivity contribution in [2.75, 3.05) is 6.54 Å². The third kappa shape index (κ3) is 5.70. The number of carbonyl (C=O) groups excluding carboxylic acids is 1. The summed E-state index contributed by atoms with van der Waals surface area (Å²) >= 11 is 0. The van der Waals surface area contributed by atoms with Crippen LogP contribution in [0.3, 0.4) is 0 Å². The summed E-state index contributed by atoms with van der Waals surface area (Å²) in [5, 5.41) is 11.4. The molecule has 0 radical (unpaired) electrons. The van der Waals surface area contributed by atoms with Crippen LogP contribution in [0.5, 0.6) is 0 Å². The molecule has 2 aromatic carbocycles. The van der Waals surface area contributed by atoms with Crippen LogP contribution >= 0.6 is 0 Å². The molecule has 2 aromatic rings. The molecule has 0 saturated carbocycles. The number of carboxylic acid groups (broad SMARTS) is 1. The lowest BCUT2D eigenvalue weighted by molar-refractivity contribution is -0.137. The number of nitrogens with one attached hydrogen (secondary N) is 1. The summed E-state index contributed by atoms with van der Waals surface area (Å²) in [6, 6.07) is 14.7. The van der Waals surface area contributed by atoms with Crippen LogP contribution in [0, 0.1) is 5.92 Å². The summed E-state index contributed by atoms with van der Waals surface area (Å²) in [7, 11) is -3.57. The molecule has 0 saturated heterocycles. The summed E-state index contributed by atoms with van der Waals surface area (Å²) in [6.45, 7) is 1.92. The van der Waals surface area contributed by atoms with Crippen LogP contribution in [0.1, 0.15) is 29.3 Å². The molecule has 0 aromatic heterocycles. The number of sulfone groups is 1. The van der Waals surface area contributed by atoms with Gasteiger partial charge in [0.2, 0.25) is 0 Å². The normalized spacial score (nSPS) is 12.3. The molecule has 1 unspecified atom stereocenters. The van der Waals surface area contributed by atoms with Crippen molar-refractivity contribution in [3.8, 4) is 0 Å². The van der Waals surface area contributed by atoms with E-state index in [2.05, 4.69) is 5.32 Å². The third-order valence-corrected chi connectivity index (χ3v) is 5.47. The largest absolute Gasteiger partial charge is 0.481 e. The van der Waals surface area contributed by atoms with Crippen molar-refractivity contribution in [3.63, 3.8) is 0 Å². The maximum absolute atomic E-state index is 12.6.